The zero-order chi connectivity index (χ0) is 21.7. The molecule has 1 aromatic rings. The zero-order valence-corrected chi connectivity index (χ0v) is 16.7. The minimum absolute atomic E-state index is 0.0272. The Hall–Kier alpha value is -2.24. The Morgan fingerprint density at radius 1 is 1.21 bits per heavy atom. The Balaban J connectivity index is 1.71. The number of sulfone groups is 1. The molecule has 1 atom stereocenters. The number of unbranched alkanes of at least 4 members (excludes halogenated alkanes) is 2. The van der Waals surface area contributed by atoms with Crippen LogP contribution in [0.2, 0.25) is 0 Å². The van der Waals surface area contributed by atoms with Crippen LogP contribution in [0.3, 0.4) is 0 Å². The largest absolute Gasteiger partial charge is 0.469 e. The number of amides is 3. The highest BCUT2D eigenvalue weighted by atomic mass is 32.2. The second-order valence-corrected chi connectivity index (χ2v) is 9.26. The van der Waals surface area contributed by atoms with E-state index < -0.39 is 34.6 Å². The van der Waals surface area contributed by atoms with Crippen LogP contribution in [0.25, 0.3) is 0 Å². The fourth-order valence-corrected chi connectivity index (χ4v) is 4.69. The molecule has 0 radical (unpaired) electrons. The van der Waals surface area contributed by atoms with Gasteiger partial charge >= 0.3 is 12.2 Å². The van der Waals surface area contributed by atoms with E-state index in [1.54, 1.807) is 6.92 Å². The Kier molecular flexibility index (Phi) is 7.55. The van der Waals surface area contributed by atoms with Gasteiger partial charge in [-0.25, -0.2) is 13.2 Å². The lowest BCUT2D eigenvalue weighted by molar-refractivity contribution is -0.154. The molecule has 29 heavy (non-hydrogen) atoms. The predicted octanol–water partition coefficient (Wildman–Crippen LogP) is 2.20. The van der Waals surface area contributed by atoms with E-state index in [2.05, 4.69) is 15.0 Å². The van der Waals surface area contributed by atoms with Gasteiger partial charge in [0.15, 0.2) is 22.3 Å². The molecule has 164 valence electrons. The molecule has 2 heterocycles. The van der Waals surface area contributed by atoms with E-state index in [0.29, 0.717) is 31.5 Å². The van der Waals surface area contributed by atoms with Crippen LogP contribution in [0.4, 0.5) is 18.0 Å². The van der Waals surface area contributed by atoms with Gasteiger partial charge < -0.3 is 14.6 Å². The maximum atomic E-state index is 12.3. The van der Waals surface area contributed by atoms with E-state index in [0.717, 1.165) is 0 Å². The van der Waals surface area contributed by atoms with Crippen molar-refractivity contribution in [2.24, 2.45) is 0 Å². The number of urea groups is 1. The molecule has 1 saturated heterocycles. The number of aromatic amines is 1. The molecule has 1 aliphatic rings. The average Bonchev–Trinajstić information content (AvgIpc) is 3.18. The van der Waals surface area contributed by atoms with Gasteiger partial charge in [-0.1, -0.05) is 13.3 Å². The van der Waals surface area contributed by atoms with Crippen LogP contribution < -0.4 is 10.1 Å². The van der Waals surface area contributed by atoms with Crippen molar-refractivity contribution in [2.45, 2.75) is 38.3 Å². The number of H-pyrrole nitrogens is 1. The maximum Gasteiger partial charge on any atom is 0.422 e. The number of ether oxygens (including phenoxy) is 1. The van der Waals surface area contributed by atoms with Crippen LogP contribution in [0, 0.1) is 0 Å². The molecular weight excluding hydrogens is 415 g/mol. The van der Waals surface area contributed by atoms with E-state index in [1.807, 2.05) is 0 Å². The summed E-state index contributed by atoms with van der Waals surface area (Å²) < 4.78 is 65.7. The molecule has 8 nitrogen and oxygen atoms in total. The van der Waals surface area contributed by atoms with Crippen molar-refractivity contribution in [3.05, 3.63) is 17.8 Å². The molecule has 0 aromatic carbocycles. The summed E-state index contributed by atoms with van der Waals surface area (Å²) in [6.07, 6.45) is -2.86. The number of carbonyl (C=O) groups excluding carboxylic acids is 2. The Bertz CT molecular complexity index is 823. The first-order valence-corrected chi connectivity index (χ1v) is 10.9. The number of rotatable bonds is 11. The van der Waals surface area contributed by atoms with E-state index in [4.69, 9.17) is 0 Å². The number of nitrogens with one attached hydrogen (secondary N) is 2. The number of alkyl halides is 3. The SMILES string of the molecule is CC(CS(=O)(=O)CCCCCN1CC(=O)NC1=O)c1ccc(OCC(F)(F)F)[nH]1. The summed E-state index contributed by atoms with van der Waals surface area (Å²) in [7, 11) is -3.36. The summed E-state index contributed by atoms with van der Waals surface area (Å²) in [6.45, 7) is 0.656. The van der Waals surface area contributed by atoms with Gasteiger partial charge in [-0.05, 0) is 25.0 Å². The molecule has 1 unspecified atom stereocenters. The van der Waals surface area contributed by atoms with Gasteiger partial charge in [0.2, 0.25) is 5.91 Å². The molecule has 1 fully saturated rings. The highest BCUT2D eigenvalue weighted by Crippen LogP contribution is 2.23. The first kappa shape index (κ1) is 23.0. The number of halogens is 3. The molecule has 0 aliphatic carbocycles. The second-order valence-electron chi connectivity index (χ2n) is 7.03. The van der Waals surface area contributed by atoms with Crippen molar-refractivity contribution >= 4 is 21.8 Å². The number of nitrogens with zero attached hydrogens (tertiary/aromatic N) is 1. The van der Waals surface area contributed by atoms with Crippen molar-refractivity contribution in [1.29, 1.82) is 0 Å². The fourth-order valence-electron chi connectivity index (χ4n) is 2.94. The number of carbonyl (C=O) groups is 2. The first-order chi connectivity index (χ1) is 13.5. The van der Waals surface area contributed by atoms with E-state index in [-0.39, 0.29) is 29.8 Å². The van der Waals surface area contributed by atoms with Crippen molar-refractivity contribution in [2.75, 3.05) is 31.2 Å². The third-order valence-corrected chi connectivity index (χ3v) is 6.28. The molecule has 1 aliphatic heterocycles. The maximum absolute atomic E-state index is 12.3. The smallest absolute Gasteiger partial charge is 0.422 e. The average molecular weight is 439 g/mol. The molecular formula is C17H24F3N3O5S. The normalized spacial score (nSPS) is 16.2. The molecule has 2 rings (SSSR count). The molecule has 0 spiro atoms. The molecule has 3 amide bonds. The van der Waals surface area contributed by atoms with Crippen molar-refractivity contribution < 1.29 is 35.9 Å². The van der Waals surface area contributed by atoms with Crippen molar-refractivity contribution in [3.63, 3.8) is 0 Å². The summed E-state index contributed by atoms with van der Waals surface area (Å²) >= 11 is 0. The van der Waals surface area contributed by atoms with Gasteiger partial charge in [0.1, 0.15) is 6.54 Å². The Morgan fingerprint density at radius 2 is 1.93 bits per heavy atom. The van der Waals surface area contributed by atoms with Crippen LogP contribution in [0.15, 0.2) is 12.1 Å². The third-order valence-electron chi connectivity index (χ3n) is 4.36. The van der Waals surface area contributed by atoms with Crippen molar-refractivity contribution in [3.8, 4) is 5.88 Å². The topological polar surface area (TPSA) is 109 Å². The lowest BCUT2D eigenvalue weighted by atomic mass is 10.1. The number of aromatic nitrogens is 1. The van der Waals surface area contributed by atoms with E-state index in [9.17, 15) is 31.2 Å². The molecule has 12 heteroatoms. The van der Waals surface area contributed by atoms with Gasteiger partial charge in [0, 0.05) is 18.2 Å². The monoisotopic (exact) mass is 439 g/mol. The van der Waals surface area contributed by atoms with Gasteiger partial charge in [-0.3, -0.25) is 10.1 Å². The van der Waals surface area contributed by atoms with Crippen LogP contribution in [-0.2, 0) is 14.6 Å². The molecule has 0 bridgehead atoms. The number of hydrogen-bond donors (Lipinski definition) is 2. The summed E-state index contributed by atoms with van der Waals surface area (Å²) in [4.78, 5) is 26.5. The summed E-state index contributed by atoms with van der Waals surface area (Å²) in [5, 5.41) is 2.17. The van der Waals surface area contributed by atoms with Gasteiger partial charge in [0.25, 0.3) is 0 Å². The minimum Gasteiger partial charge on any atom is -0.469 e. The predicted molar refractivity (Wildman–Crippen MR) is 98.4 cm³/mol. The number of imide groups is 1. The lowest BCUT2D eigenvalue weighted by Gasteiger charge is -2.13. The third kappa shape index (κ3) is 7.95. The second kappa shape index (κ2) is 9.51. The molecule has 2 N–H and O–H groups in total. The molecule has 0 saturated carbocycles. The number of hydrogen-bond acceptors (Lipinski definition) is 5. The van der Waals surface area contributed by atoms with Crippen LogP contribution in [0.1, 0.15) is 37.8 Å². The lowest BCUT2D eigenvalue weighted by Crippen LogP contribution is -2.29. The summed E-state index contributed by atoms with van der Waals surface area (Å²) in [5.41, 5.74) is 0.482. The minimum atomic E-state index is -4.45. The van der Waals surface area contributed by atoms with E-state index >= 15 is 0 Å². The van der Waals surface area contributed by atoms with E-state index in [1.165, 1.54) is 17.0 Å². The fraction of sp³-hybridized carbons (Fsp3) is 0.647. The standard InChI is InChI=1S/C17H24F3N3O5S/c1-12(13-5-6-15(21-13)28-11-17(18,19)20)10-29(26,27)8-4-2-3-7-23-9-14(24)22-16(23)25/h5-6,12,21H,2-4,7-11H2,1H3,(H,22,24,25). The zero-order valence-electron chi connectivity index (χ0n) is 15.9. The quantitative estimate of drug-likeness (QED) is 0.406. The summed E-state index contributed by atoms with van der Waals surface area (Å²) in [6, 6.07) is 2.42. The first-order valence-electron chi connectivity index (χ1n) is 9.13. The molecule has 1 aromatic heterocycles. The Morgan fingerprint density at radius 3 is 2.55 bits per heavy atom. The van der Waals surface area contributed by atoms with Crippen LogP contribution >= 0.6 is 0 Å². The van der Waals surface area contributed by atoms with Crippen LogP contribution in [0.5, 0.6) is 5.88 Å². The highest BCUT2D eigenvalue weighted by molar-refractivity contribution is 7.91. The Labute approximate surface area is 166 Å². The summed E-state index contributed by atoms with van der Waals surface area (Å²) in [5.74, 6) is -1.01. The van der Waals surface area contributed by atoms with Gasteiger partial charge in [-0.2, -0.15) is 13.2 Å². The van der Waals surface area contributed by atoms with Gasteiger partial charge in [0.05, 0.1) is 11.5 Å². The highest BCUT2D eigenvalue weighted by Gasteiger charge is 2.29. The van der Waals surface area contributed by atoms with Gasteiger partial charge in [-0.15, -0.1) is 0 Å². The van der Waals surface area contributed by atoms with Crippen molar-refractivity contribution in [1.82, 2.24) is 15.2 Å². The van der Waals surface area contributed by atoms with Crippen LogP contribution in [-0.4, -0.2) is 67.6 Å².